The summed E-state index contributed by atoms with van der Waals surface area (Å²) < 4.78 is 0. The number of hydrogen-bond acceptors (Lipinski definition) is 3. The quantitative estimate of drug-likeness (QED) is 0.908. The maximum atomic E-state index is 10.7. The first-order valence-corrected chi connectivity index (χ1v) is 8.03. The van der Waals surface area contributed by atoms with E-state index in [9.17, 15) is 4.79 Å². The van der Waals surface area contributed by atoms with Crippen molar-refractivity contribution in [3.63, 3.8) is 0 Å². The molecular weight excluding hydrogens is 284 g/mol. The summed E-state index contributed by atoms with van der Waals surface area (Å²) >= 11 is 5.66. The predicted molar refractivity (Wildman–Crippen MR) is 91.9 cm³/mol. The monoisotopic (exact) mass is 312 g/mol. The highest BCUT2D eigenvalue weighted by atomic mass is 35.5. The lowest BCUT2D eigenvalue weighted by molar-refractivity contribution is -0.116. The first-order valence-electron chi connectivity index (χ1n) is 7.65. The van der Waals surface area contributed by atoms with Crippen molar-refractivity contribution in [3.05, 3.63) is 34.9 Å². The van der Waals surface area contributed by atoms with Gasteiger partial charge in [0.05, 0.1) is 0 Å². The molecule has 0 spiro atoms. The lowest BCUT2D eigenvalue weighted by Gasteiger charge is -2.25. The van der Waals surface area contributed by atoms with E-state index in [1.165, 1.54) is 25.9 Å². The Hall–Kier alpha value is -0.900. The number of nitrogens with two attached hydrogens (primary N) is 1. The molecule has 2 N–H and O–H groups in total. The van der Waals surface area contributed by atoms with E-state index in [2.05, 4.69) is 11.9 Å². The molecule has 1 aliphatic heterocycles. The average Bonchev–Trinajstić information content (AvgIpc) is 2.47. The molecule has 0 aromatic heterocycles. The summed E-state index contributed by atoms with van der Waals surface area (Å²) in [5.41, 5.74) is 6.69. The fourth-order valence-electron chi connectivity index (χ4n) is 1.92. The van der Waals surface area contributed by atoms with E-state index in [0.717, 1.165) is 5.56 Å². The largest absolute Gasteiger partial charge is 0.328 e. The number of halogens is 1. The number of piperidine rings is 1. The SMILES string of the molecule is CC.CC(=O)Cc1ccc(Cl)cc1.CN1CCC(N)CC1. The van der Waals surface area contributed by atoms with Crippen LogP contribution in [0, 0.1) is 0 Å². The molecule has 2 rings (SSSR count). The summed E-state index contributed by atoms with van der Waals surface area (Å²) in [7, 11) is 2.14. The molecule has 0 bridgehead atoms. The van der Waals surface area contributed by atoms with Crippen LogP contribution in [-0.2, 0) is 11.2 Å². The fraction of sp³-hybridized carbons (Fsp3) is 0.588. The van der Waals surface area contributed by atoms with Crippen molar-refractivity contribution in [3.8, 4) is 0 Å². The summed E-state index contributed by atoms with van der Waals surface area (Å²) in [5, 5.41) is 0.706. The van der Waals surface area contributed by atoms with Crippen molar-refractivity contribution in [1.82, 2.24) is 4.90 Å². The Balaban J connectivity index is 0.000000354. The van der Waals surface area contributed by atoms with Gasteiger partial charge in [-0.25, -0.2) is 0 Å². The molecule has 0 atom stereocenters. The molecule has 1 aliphatic rings. The summed E-state index contributed by atoms with van der Waals surface area (Å²) in [6.07, 6.45) is 2.85. The number of hydrogen-bond donors (Lipinski definition) is 1. The number of ketones is 1. The zero-order chi connectivity index (χ0) is 16.3. The smallest absolute Gasteiger partial charge is 0.134 e. The second kappa shape index (κ2) is 11.7. The van der Waals surface area contributed by atoms with Crippen LogP contribution in [0.4, 0.5) is 0 Å². The van der Waals surface area contributed by atoms with Gasteiger partial charge in [0.25, 0.3) is 0 Å². The zero-order valence-electron chi connectivity index (χ0n) is 13.7. The molecule has 0 radical (unpaired) electrons. The number of Topliss-reactive ketones (excluding diaryl/α,β-unsaturated/α-hetero) is 1. The van der Waals surface area contributed by atoms with Crippen LogP contribution in [0.1, 0.15) is 39.2 Å². The molecule has 120 valence electrons. The van der Waals surface area contributed by atoms with Crippen LogP contribution in [0.2, 0.25) is 5.02 Å². The maximum Gasteiger partial charge on any atom is 0.134 e. The highest BCUT2D eigenvalue weighted by Gasteiger charge is 2.11. The number of rotatable bonds is 2. The first kappa shape index (κ1) is 20.1. The van der Waals surface area contributed by atoms with Crippen molar-refractivity contribution >= 4 is 17.4 Å². The van der Waals surface area contributed by atoms with E-state index in [1.54, 1.807) is 19.1 Å². The Morgan fingerprint density at radius 2 is 1.71 bits per heavy atom. The molecular formula is C17H29ClN2O. The molecule has 21 heavy (non-hydrogen) atoms. The van der Waals surface area contributed by atoms with Crippen molar-refractivity contribution in [2.75, 3.05) is 20.1 Å². The van der Waals surface area contributed by atoms with E-state index in [-0.39, 0.29) is 5.78 Å². The summed E-state index contributed by atoms with van der Waals surface area (Å²) in [5.74, 6) is 0.173. The molecule has 3 nitrogen and oxygen atoms in total. The van der Waals surface area contributed by atoms with Crippen LogP contribution >= 0.6 is 11.6 Å². The summed E-state index contributed by atoms with van der Waals surface area (Å²) in [6.45, 7) is 7.94. The third kappa shape index (κ3) is 10.5. The van der Waals surface area contributed by atoms with Gasteiger partial charge in [-0.1, -0.05) is 37.6 Å². The molecule has 0 unspecified atom stereocenters. The molecule has 1 saturated heterocycles. The molecule has 1 aromatic rings. The third-order valence-electron chi connectivity index (χ3n) is 3.13. The van der Waals surface area contributed by atoms with Gasteiger partial charge in [-0.15, -0.1) is 0 Å². The van der Waals surface area contributed by atoms with Gasteiger partial charge in [0.15, 0.2) is 0 Å². The van der Waals surface area contributed by atoms with Gasteiger partial charge >= 0.3 is 0 Å². The fourth-order valence-corrected chi connectivity index (χ4v) is 2.04. The Bertz CT molecular complexity index is 374. The maximum absolute atomic E-state index is 10.7. The van der Waals surface area contributed by atoms with E-state index in [4.69, 9.17) is 17.3 Å². The second-order valence-corrected chi connectivity index (χ2v) is 5.58. The molecule has 1 heterocycles. The van der Waals surface area contributed by atoms with Gasteiger partial charge in [-0.3, -0.25) is 4.79 Å². The van der Waals surface area contributed by atoms with Crippen LogP contribution in [0.25, 0.3) is 0 Å². The van der Waals surface area contributed by atoms with E-state index in [0.29, 0.717) is 17.5 Å². The van der Waals surface area contributed by atoms with E-state index in [1.807, 2.05) is 26.0 Å². The predicted octanol–water partition coefficient (Wildman–Crippen LogP) is 3.54. The molecule has 1 aromatic carbocycles. The van der Waals surface area contributed by atoms with Gasteiger partial charge < -0.3 is 10.6 Å². The van der Waals surface area contributed by atoms with Gasteiger partial charge in [0.2, 0.25) is 0 Å². The highest BCUT2D eigenvalue weighted by molar-refractivity contribution is 6.30. The topological polar surface area (TPSA) is 46.3 Å². The normalized spacial score (nSPS) is 15.3. The second-order valence-electron chi connectivity index (χ2n) is 5.15. The molecule has 4 heteroatoms. The van der Waals surface area contributed by atoms with Gasteiger partial charge in [0.1, 0.15) is 5.78 Å². The van der Waals surface area contributed by atoms with Crippen molar-refractivity contribution in [2.45, 2.75) is 46.1 Å². The minimum atomic E-state index is 0.173. The number of nitrogens with zero attached hydrogens (tertiary/aromatic N) is 1. The minimum Gasteiger partial charge on any atom is -0.328 e. The number of likely N-dealkylation sites (tertiary alicyclic amines) is 1. The lowest BCUT2D eigenvalue weighted by Crippen LogP contribution is -2.37. The average molecular weight is 313 g/mol. The zero-order valence-corrected chi connectivity index (χ0v) is 14.5. The molecule has 1 fully saturated rings. The number of carbonyl (C=O) groups is 1. The standard InChI is InChI=1S/C9H9ClO.C6H14N2.C2H6/c1-7(11)6-8-2-4-9(10)5-3-8;1-8-4-2-6(7)3-5-8;1-2/h2-5H,6H2,1H3;6H,2-5,7H2,1H3;1-2H3. The first-order chi connectivity index (χ1) is 9.97. The van der Waals surface area contributed by atoms with Crippen LogP contribution in [0.5, 0.6) is 0 Å². The van der Waals surface area contributed by atoms with Crippen LogP contribution < -0.4 is 5.73 Å². The number of carbonyl (C=O) groups excluding carboxylic acids is 1. The van der Waals surface area contributed by atoms with Crippen molar-refractivity contribution in [1.29, 1.82) is 0 Å². The number of benzene rings is 1. The van der Waals surface area contributed by atoms with E-state index >= 15 is 0 Å². The Morgan fingerprint density at radius 3 is 2.10 bits per heavy atom. The summed E-state index contributed by atoms with van der Waals surface area (Å²) in [4.78, 5) is 13.0. The third-order valence-corrected chi connectivity index (χ3v) is 3.38. The van der Waals surface area contributed by atoms with Crippen molar-refractivity contribution < 1.29 is 4.79 Å². The molecule has 0 amide bonds. The van der Waals surface area contributed by atoms with Crippen molar-refractivity contribution in [2.24, 2.45) is 5.73 Å². The van der Waals surface area contributed by atoms with E-state index < -0.39 is 0 Å². The van der Waals surface area contributed by atoms with Crippen LogP contribution in [0.3, 0.4) is 0 Å². The highest BCUT2D eigenvalue weighted by Crippen LogP contribution is 2.09. The Morgan fingerprint density at radius 1 is 1.24 bits per heavy atom. The van der Waals surface area contributed by atoms with Gasteiger partial charge in [-0.05, 0) is 57.6 Å². The molecule has 0 aliphatic carbocycles. The van der Waals surface area contributed by atoms with Crippen LogP contribution in [0.15, 0.2) is 24.3 Å². The van der Waals surface area contributed by atoms with Gasteiger partial charge in [-0.2, -0.15) is 0 Å². The van der Waals surface area contributed by atoms with Crippen LogP contribution in [-0.4, -0.2) is 36.9 Å². The molecule has 0 saturated carbocycles. The Kier molecular flexibility index (Phi) is 11.2. The van der Waals surface area contributed by atoms with Gasteiger partial charge in [0, 0.05) is 17.5 Å². The Labute approximate surface area is 134 Å². The minimum absolute atomic E-state index is 0.173. The lowest BCUT2D eigenvalue weighted by atomic mass is 10.1. The summed E-state index contributed by atoms with van der Waals surface area (Å²) in [6, 6.07) is 7.79.